The van der Waals surface area contributed by atoms with Gasteiger partial charge in [0.25, 0.3) is 5.91 Å². The van der Waals surface area contributed by atoms with Crippen molar-refractivity contribution in [2.24, 2.45) is 0 Å². The molecule has 0 unspecified atom stereocenters. The van der Waals surface area contributed by atoms with Crippen molar-refractivity contribution in [3.8, 4) is 11.5 Å². The largest absolute Gasteiger partial charge is 0.494 e. The predicted octanol–water partition coefficient (Wildman–Crippen LogP) is 4.26. The molecule has 0 aliphatic carbocycles. The van der Waals surface area contributed by atoms with Crippen LogP contribution in [0.1, 0.15) is 40.6 Å². The van der Waals surface area contributed by atoms with Crippen LogP contribution in [0, 0.1) is 0 Å². The number of esters is 1. The smallest absolute Gasteiger partial charge is 0.309 e. The molecule has 1 N–H and O–H groups in total. The molecule has 1 amide bonds. The van der Waals surface area contributed by atoms with Crippen LogP contribution in [0.25, 0.3) is 0 Å². The third-order valence-electron chi connectivity index (χ3n) is 4.35. The van der Waals surface area contributed by atoms with Crippen molar-refractivity contribution in [2.45, 2.75) is 33.3 Å². The summed E-state index contributed by atoms with van der Waals surface area (Å²) in [4.78, 5) is 24.3. The quantitative estimate of drug-likeness (QED) is 0.431. The van der Waals surface area contributed by atoms with E-state index in [1.807, 2.05) is 31.2 Å². The number of amides is 1. The van der Waals surface area contributed by atoms with E-state index >= 15 is 0 Å². The molecule has 8 nitrogen and oxygen atoms in total. The highest BCUT2D eigenvalue weighted by molar-refractivity contribution is 7.13. The summed E-state index contributed by atoms with van der Waals surface area (Å²) in [5.41, 5.74) is 1.87. The van der Waals surface area contributed by atoms with Crippen molar-refractivity contribution in [3.63, 3.8) is 0 Å². The lowest BCUT2D eigenvalue weighted by Crippen LogP contribution is -2.11. The van der Waals surface area contributed by atoms with E-state index in [1.54, 1.807) is 24.3 Å². The number of ether oxygens (including phenoxy) is 3. The van der Waals surface area contributed by atoms with Crippen LogP contribution in [0.15, 0.2) is 48.5 Å². The van der Waals surface area contributed by atoms with E-state index in [-0.39, 0.29) is 30.5 Å². The van der Waals surface area contributed by atoms with Gasteiger partial charge in [-0.25, -0.2) is 0 Å². The van der Waals surface area contributed by atoms with Gasteiger partial charge in [-0.2, -0.15) is 0 Å². The second-order valence-corrected chi connectivity index (χ2v) is 7.73. The van der Waals surface area contributed by atoms with Crippen molar-refractivity contribution in [2.75, 3.05) is 18.5 Å². The van der Waals surface area contributed by atoms with Crippen LogP contribution in [-0.2, 0) is 22.6 Å². The molecule has 9 heteroatoms. The van der Waals surface area contributed by atoms with Gasteiger partial charge in [-0.15, -0.1) is 10.2 Å². The zero-order valence-corrected chi connectivity index (χ0v) is 18.8. The highest BCUT2D eigenvalue weighted by Gasteiger charge is 2.14. The van der Waals surface area contributed by atoms with Gasteiger partial charge in [0.05, 0.1) is 19.6 Å². The van der Waals surface area contributed by atoms with Gasteiger partial charge in [0.1, 0.15) is 18.1 Å². The van der Waals surface area contributed by atoms with E-state index in [0.717, 1.165) is 23.5 Å². The number of aryl methyl sites for hydroxylation is 1. The molecule has 0 aliphatic rings. The number of anilines is 1. The molecule has 0 saturated carbocycles. The Balaban J connectivity index is 1.39. The van der Waals surface area contributed by atoms with Gasteiger partial charge in [0.15, 0.2) is 5.01 Å². The third-order valence-corrected chi connectivity index (χ3v) is 5.24. The minimum Gasteiger partial charge on any atom is -0.494 e. The van der Waals surface area contributed by atoms with Gasteiger partial charge in [0.2, 0.25) is 5.01 Å². The number of aromatic nitrogens is 2. The van der Waals surface area contributed by atoms with Crippen molar-refractivity contribution in [3.05, 3.63) is 64.1 Å². The summed E-state index contributed by atoms with van der Waals surface area (Å²) in [5, 5.41) is 11.2. The SMILES string of the molecule is CCOc1ccc(OCCC(=O)OCc2nnc(C(=O)Nc3ccc(CC)cc3)s2)cc1. The first-order valence-corrected chi connectivity index (χ1v) is 11.1. The second-order valence-electron chi connectivity index (χ2n) is 6.67. The third kappa shape index (κ3) is 7.05. The van der Waals surface area contributed by atoms with Gasteiger partial charge < -0.3 is 19.5 Å². The average Bonchev–Trinajstić information content (AvgIpc) is 3.29. The lowest BCUT2D eigenvalue weighted by molar-refractivity contribution is -0.145. The Morgan fingerprint density at radius 3 is 2.28 bits per heavy atom. The van der Waals surface area contributed by atoms with Gasteiger partial charge >= 0.3 is 5.97 Å². The predicted molar refractivity (Wildman–Crippen MR) is 121 cm³/mol. The molecule has 1 heterocycles. The standard InChI is InChI=1S/C23H25N3O5S/c1-3-16-5-7-17(8-6-16)24-22(28)23-26-25-20(32-23)15-31-21(27)13-14-30-19-11-9-18(10-12-19)29-4-2/h5-12H,3-4,13-15H2,1-2H3,(H,24,28). The lowest BCUT2D eigenvalue weighted by atomic mass is 10.1. The van der Waals surface area contributed by atoms with Crippen LogP contribution in [0.5, 0.6) is 11.5 Å². The zero-order chi connectivity index (χ0) is 22.8. The number of carbonyl (C=O) groups excluding carboxylic acids is 2. The molecule has 0 aliphatic heterocycles. The summed E-state index contributed by atoms with van der Waals surface area (Å²) < 4.78 is 16.1. The summed E-state index contributed by atoms with van der Waals surface area (Å²) in [7, 11) is 0. The number of hydrogen-bond acceptors (Lipinski definition) is 8. The maximum absolute atomic E-state index is 12.3. The van der Waals surface area contributed by atoms with Crippen LogP contribution in [0.2, 0.25) is 0 Å². The molecule has 3 rings (SSSR count). The summed E-state index contributed by atoms with van der Waals surface area (Å²) >= 11 is 1.08. The van der Waals surface area contributed by atoms with Crippen molar-refractivity contribution in [1.82, 2.24) is 10.2 Å². The summed E-state index contributed by atoms with van der Waals surface area (Å²) in [6.45, 7) is 4.73. The summed E-state index contributed by atoms with van der Waals surface area (Å²) in [6, 6.07) is 14.8. The highest BCUT2D eigenvalue weighted by Crippen LogP contribution is 2.18. The molecule has 0 saturated heterocycles. The van der Waals surface area contributed by atoms with Crippen LogP contribution in [-0.4, -0.2) is 35.3 Å². The van der Waals surface area contributed by atoms with E-state index in [2.05, 4.69) is 22.4 Å². The van der Waals surface area contributed by atoms with Crippen molar-refractivity contribution < 1.29 is 23.8 Å². The molecule has 32 heavy (non-hydrogen) atoms. The first-order valence-electron chi connectivity index (χ1n) is 10.3. The Kier molecular flexibility index (Phi) is 8.56. The monoisotopic (exact) mass is 455 g/mol. The fourth-order valence-electron chi connectivity index (χ4n) is 2.68. The molecule has 0 fully saturated rings. The summed E-state index contributed by atoms with van der Waals surface area (Å²) in [5.74, 6) is 0.630. The van der Waals surface area contributed by atoms with Crippen LogP contribution < -0.4 is 14.8 Å². The maximum atomic E-state index is 12.3. The molecule has 0 bridgehead atoms. The maximum Gasteiger partial charge on any atom is 0.309 e. The fourth-order valence-corrected chi connectivity index (χ4v) is 3.33. The number of nitrogens with one attached hydrogen (secondary N) is 1. The van der Waals surface area contributed by atoms with Gasteiger partial charge in [0, 0.05) is 5.69 Å². The lowest BCUT2D eigenvalue weighted by Gasteiger charge is -2.07. The number of rotatable bonds is 11. The average molecular weight is 456 g/mol. The van der Waals surface area contributed by atoms with Crippen molar-refractivity contribution in [1.29, 1.82) is 0 Å². The fraction of sp³-hybridized carbons (Fsp3) is 0.304. The number of nitrogens with zero attached hydrogens (tertiary/aromatic N) is 2. The second kappa shape index (κ2) is 11.8. The Bertz CT molecular complexity index is 1020. The highest BCUT2D eigenvalue weighted by atomic mass is 32.1. The van der Waals surface area contributed by atoms with E-state index in [9.17, 15) is 9.59 Å². The molecule has 0 radical (unpaired) electrons. The molecular weight excluding hydrogens is 430 g/mol. The Labute approximate surface area is 190 Å². The number of hydrogen-bond donors (Lipinski definition) is 1. The molecule has 2 aromatic carbocycles. The van der Waals surface area contributed by atoms with E-state index in [0.29, 0.717) is 23.1 Å². The molecular formula is C23H25N3O5S. The topological polar surface area (TPSA) is 99.6 Å². The minimum atomic E-state index is -0.423. The van der Waals surface area contributed by atoms with Gasteiger partial charge in [-0.1, -0.05) is 30.4 Å². The van der Waals surface area contributed by atoms with Crippen LogP contribution >= 0.6 is 11.3 Å². The number of benzene rings is 2. The van der Waals surface area contributed by atoms with Crippen LogP contribution in [0.4, 0.5) is 5.69 Å². The Hall–Kier alpha value is -3.46. The van der Waals surface area contributed by atoms with E-state index < -0.39 is 5.97 Å². The molecule has 0 atom stereocenters. The number of carbonyl (C=O) groups is 2. The first-order chi connectivity index (χ1) is 15.6. The Morgan fingerprint density at radius 1 is 0.938 bits per heavy atom. The van der Waals surface area contributed by atoms with Crippen LogP contribution in [0.3, 0.4) is 0 Å². The van der Waals surface area contributed by atoms with E-state index in [4.69, 9.17) is 14.2 Å². The minimum absolute atomic E-state index is 0.0436. The van der Waals surface area contributed by atoms with E-state index in [1.165, 1.54) is 5.56 Å². The molecule has 1 aromatic heterocycles. The zero-order valence-electron chi connectivity index (χ0n) is 18.0. The van der Waals surface area contributed by atoms with Gasteiger partial charge in [-0.3, -0.25) is 9.59 Å². The molecule has 168 valence electrons. The Morgan fingerprint density at radius 2 is 1.62 bits per heavy atom. The molecule has 0 spiro atoms. The normalized spacial score (nSPS) is 10.4. The van der Waals surface area contributed by atoms with Crippen molar-refractivity contribution >= 4 is 28.9 Å². The summed E-state index contributed by atoms with van der Waals surface area (Å²) in [6.07, 6.45) is 1.02. The molecule has 3 aromatic rings. The van der Waals surface area contributed by atoms with Gasteiger partial charge in [-0.05, 0) is 55.3 Å². The first kappa shape index (κ1) is 23.2.